The van der Waals surface area contributed by atoms with Crippen LogP contribution in [0.15, 0.2) is 52.1 Å². The Hall–Kier alpha value is -2.78. The van der Waals surface area contributed by atoms with Gasteiger partial charge in [0.25, 0.3) is 11.6 Å². The maximum Gasteiger partial charge on any atom is 0.283 e. The number of hydrogen-bond acceptors (Lipinski definition) is 4. The quantitative estimate of drug-likeness (QED) is 0.345. The summed E-state index contributed by atoms with van der Waals surface area (Å²) in [6.45, 7) is 5.66. The molecule has 0 aromatic heterocycles. The van der Waals surface area contributed by atoms with E-state index < -0.39 is 11.0 Å². The van der Waals surface area contributed by atoms with E-state index in [-0.39, 0.29) is 11.6 Å². The van der Waals surface area contributed by atoms with Crippen LogP contribution >= 0.6 is 28.1 Å². The first-order valence-electron chi connectivity index (χ1n) is 8.78. The van der Waals surface area contributed by atoms with Gasteiger partial charge in [-0.05, 0) is 72.2 Å². The molecular weight excluding hydrogens is 456 g/mol. The first kappa shape index (κ1) is 20.9. The number of rotatable bonds is 4. The second-order valence-electron chi connectivity index (χ2n) is 6.81. The highest BCUT2D eigenvalue weighted by molar-refractivity contribution is 9.10. The minimum absolute atomic E-state index is 0.0828. The van der Waals surface area contributed by atoms with Gasteiger partial charge in [-0.25, -0.2) is 0 Å². The van der Waals surface area contributed by atoms with Crippen LogP contribution in [0, 0.1) is 24.0 Å². The van der Waals surface area contributed by atoms with E-state index in [4.69, 9.17) is 12.2 Å². The summed E-state index contributed by atoms with van der Waals surface area (Å²) in [4.78, 5) is 24.0. The molecule has 0 saturated heterocycles. The van der Waals surface area contributed by atoms with Gasteiger partial charge in [-0.2, -0.15) is 0 Å². The molecule has 1 heterocycles. The number of amides is 1. The average Bonchev–Trinajstić information content (AvgIpc) is 2.63. The van der Waals surface area contributed by atoms with E-state index in [2.05, 4.69) is 31.9 Å². The van der Waals surface area contributed by atoms with Gasteiger partial charge in [0.05, 0.1) is 21.0 Å². The number of nitro groups is 1. The van der Waals surface area contributed by atoms with E-state index in [9.17, 15) is 14.9 Å². The molecule has 9 heteroatoms. The van der Waals surface area contributed by atoms with Gasteiger partial charge in [0.1, 0.15) is 0 Å². The number of aryl methyl sites for hydroxylation is 2. The summed E-state index contributed by atoms with van der Waals surface area (Å²) < 4.78 is 0.366. The summed E-state index contributed by atoms with van der Waals surface area (Å²) >= 11 is 8.43. The van der Waals surface area contributed by atoms with Gasteiger partial charge < -0.3 is 16.0 Å². The SMILES string of the molecule is CC1=C(C(=O)Nc2ccc(C)cc2C)C(c2ccc(Br)c([N+](=O)[O-])c2)NC(=S)N1. The number of anilines is 1. The van der Waals surface area contributed by atoms with Crippen molar-refractivity contribution in [3.05, 3.63) is 78.9 Å². The number of carbonyl (C=O) groups is 1. The number of thiocarbonyl (C=S) groups is 1. The van der Waals surface area contributed by atoms with Crippen molar-refractivity contribution in [2.24, 2.45) is 0 Å². The standard InChI is InChI=1S/C20H19BrN4O3S/c1-10-4-7-15(11(2)8-10)23-19(26)17-12(3)22-20(29)24-18(17)13-5-6-14(21)16(9-13)25(27)28/h4-9,18H,1-3H3,(H,23,26)(H2,22,24,29). The molecule has 0 fully saturated rings. The van der Waals surface area contributed by atoms with Crippen molar-refractivity contribution in [2.75, 3.05) is 5.32 Å². The van der Waals surface area contributed by atoms with E-state index in [1.165, 1.54) is 6.07 Å². The highest BCUT2D eigenvalue weighted by Crippen LogP contribution is 2.33. The third-order valence-electron chi connectivity index (χ3n) is 4.64. The molecule has 29 heavy (non-hydrogen) atoms. The third kappa shape index (κ3) is 4.46. The van der Waals surface area contributed by atoms with Gasteiger partial charge >= 0.3 is 0 Å². The van der Waals surface area contributed by atoms with Crippen molar-refractivity contribution in [1.82, 2.24) is 10.6 Å². The first-order chi connectivity index (χ1) is 13.7. The Bertz CT molecular complexity index is 1070. The lowest BCUT2D eigenvalue weighted by molar-refractivity contribution is -0.385. The third-order valence-corrected chi connectivity index (χ3v) is 5.53. The number of carbonyl (C=O) groups excluding carboxylic acids is 1. The fourth-order valence-corrected chi connectivity index (χ4v) is 3.90. The molecule has 1 unspecified atom stereocenters. The van der Waals surface area contributed by atoms with Crippen molar-refractivity contribution in [3.8, 4) is 0 Å². The van der Waals surface area contributed by atoms with Gasteiger partial charge in [0.15, 0.2) is 5.11 Å². The fraction of sp³-hybridized carbons (Fsp3) is 0.200. The highest BCUT2D eigenvalue weighted by Gasteiger charge is 2.31. The topological polar surface area (TPSA) is 96.3 Å². The number of halogens is 1. The minimum Gasteiger partial charge on any atom is -0.351 e. The molecule has 0 spiro atoms. The molecule has 0 saturated carbocycles. The van der Waals surface area contributed by atoms with E-state index in [0.717, 1.165) is 11.1 Å². The van der Waals surface area contributed by atoms with E-state index >= 15 is 0 Å². The Morgan fingerprint density at radius 2 is 1.93 bits per heavy atom. The summed E-state index contributed by atoms with van der Waals surface area (Å²) in [5.41, 5.74) is 4.23. The largest absolute Gasteiger partial charge is 0.351 e. The Balaban J connectivity index is 2.01. The number of nitro benzene ring substituents is 1. The maximum atomic E-state index is 13.2. The predicted molar refractivity (Wildman–Crippen MR) is 120 cm³/mol. The number of nitrogens with zero attached hydrogens (tertiary/aromatic N) is 1. The minimum atomic E-state index is -0.624. The highest BCUT2D eigenvalue weighted by atomic mass is 79.9. The van der Waals surface area contributed by atoms with Crippen LogP contribution in [0.2, 0.25) is 0 Å². The lowest BCUT2D eigenvalue weighted by atomic mass is 9.94. The van der Waals surface area contributed by atoms with Crippen molar-refractivity contribution < 1.29 is 9.72 Å². The van der Waals surface area contributed by atoms with Crippen LogP contribution in [0.25, 0.3) is 0 Å². The van der Waals surface area contributed by atoms with Crippen LogP contribution in [0.4, 0.5) is 11.4 Å². The van der Waals surface area contributed by atoms with Gasteiger partial charge in [-0.15, -0.1) is 0 Å². The molecule has 1 aliphatic heterocycles. The lowest BCUT2D eigenvalue weighted by Gasteiger charge is -2.30. The average molecular weight is 475 g/mol. The summed E-state index contributed by atoms with van der Waals surface area (Å²) in [7, 11) is 0. The van der Waals surface area contributed by atoms with Crippen LogP contribution < -0.4 is 16.0 Å². The number of hydrogen-bond donors (Lipinski definition) is 3. The molecule has 2 aromatic rings. The molecule has 0 radical (unpaired) electrons. The zero-order chi connectivity index (χ0) is 21.3. The second kappa shape index (κ2) is 8.30. The van der Waals surface area contributed by atoms with E-state index in [0.29, 0.717) is 32.1 Å². The molecule has 150 valence electrons. The fourth-order valence-electron chi connectivity index (χ4n) is 3.24. The van der Waals surface area contributed by atoms with Gasteiger partial charge in [-0.1, -0.05) is 23.8 Å². The smallest absolute Gasteiger partial charge is 0.283 e. The molecule has 3 N–H and O–H groups in total. The molecule has 1 aliphatic rings. The number of benzene rings is 2. The molecule has 2 aromatic carbocycles. The maximum absolute atomic E-state index is 13.2. The van der Waals surface area contributed by atoms with Gasteiger partial charge in [0, 0.05) is 17.5 Å². The summed E-state index contributed by atoms with van der Waals surface area (Å²) in [5, 5.41) is 20.6. The van der Waals surface area contributed by atoms with Crippen molar-refractivity contribution >= 4 is 50.5 Å². The zero-order valence-corrected chi connectivity index (χ0v) is 18.4. The lowest BCUT2D eigenvalue weighted by Crippen LogP contribution is -2.45. The monoisotopic (exact) mass is 474 g/mol. The van der Waals surface area contributed by atoms with Crippen LogP contribution in [0.1, 0.15) is 29.7 Å². The van der Waals surface area contributed by atoms with Gasteiger partial charge in [0.2, 0.25) is 0 Å². The van der Waals surface area contributed by atoms with Crippen molar-refractivity contribution in [2.45, 2.75) is 26.8 Å². The Morgan fingerprint density at radius 1 is 1.21 bits per heavy atom. The normalized spacial score (nSPS) is 16.1. The predicted octanol–water partition coefficient (Wildman–Crippen LogP) is 4.41. The van der Waals surface area contributed by atoms with Crippen LogP contribution in [-0.2, 0) is 4.79 Å². The molecule has 1 atom stereocenters. The molecular formula is C20H19BrN4O3S. The zero-order valence-electron chi connectivity index (χ0n) is 16.0. The van der Waals surface area contributed by atoms with Crippen molar-refractivity contribution in [3.63, 3.8) is 0 Å². The molecule has 3 rings (SSSR count). The Morgan fingerprint density at radius 3 is 2.59 bits per heavy atom. The summed E-state index contributed by atoms with van der Waals surface area (Å²) in [6, 6.07) is 9.89. The second-order valence-corrected chi connectivity index (χ2v) is 8.07. The number of allylic oxidation sites excluding steroid dienone is 1. The number of nitrogens with one attached hydrogen (secondary N) is 3. The molecule has 1 amide bonds. The molecule has 0 aliphatic carbocycles. The van der Waals surface area contributed by atoms with Crippen LogP contribution in [-0.4, -0.2) is 15.9 Å². The summed E-state index contributed by atoms with van der Waals surface area (Å²) in [5.74, 6) is -0.312. The Kier molecular flexibility index (Phi) is 5.99. The van der Waals surface area contributed by atoms with E-state index in [1.54, 1.807) is 19.1 Å². The first-order valence-corrected chi connectivity index (χ1v) is 9.98. The van der Waals surface area contributed by atoms with Crippen molar-refractivity contribution in [1.29, 1.82) is 0 Å². The van der Waals surface area contributed by atoms with E-state index in [1.807, 2.05) is 32.0 Å². The van der Waals surface area contributed by atoms with Crippen LogP contribution in [0.5, 0.6) is 0 Å². The Labute approximate surface area is 181 Å². The summed E-state index contributed by atoms with van der Waals surface area (Å²) in [6.07, 6.45) is 0. The van der Waals surface area contributed by atoms with Crippen LogP contribution in [0.3, 0.4) is 0 Å². The van der Waals surface area contributed by atoms with Gasteiger partial charge in [-0.3, -0.25) is 14.9 Å². The molecule has 7 nitrogen and oxygen atoms in total. The molecule has 0 bridgehead atoms.